The van der Waals surface area contributed by atoms with Gasteiger partial charge in [0, 0.05) is 12.1 Å². The number of hydrogen-bond donors (Lipinski definition) is 2. The minimum atomic E-state index is -0.0652. The van der Waals surface area contributed by atoms with E-state index in [9.17, 15) is 9.59 Å². The minimum absolute atomic E-state index is 0.0644. The Hall–Kier alpha value is -2.73. The maximum atomic E-state index is 12.1. The van der Waals surface area contributed by atoms with E-state index < -0.39 is 0 Å². The third-order valence-electron chi connectivity index (χ3n) is 3.45. The molecule has 1 aromatic heterocycles. The van der Waals surface area contributed by atoms with Gasteiger partial charge in [-0.05, 0) is 23.8 Å². The molecule has 0 atom stereocenters. The van der Waals surface area contributed by atoms with Crippen molar-refractivity contribution < 1.29 is 9.59 Å². The van der Waals surface area contributed by atoms with Gasteiger partial charge in [0.25, 0.3) is 0 Å². The molecule has 0 aliphatic rings. The SMILES string of the molecule is CCC(=O)Nc1nc2ccc(NC(=O)Cc3ccccc3)cc2s1. The highest BCUT2D eigenvalue weighted by molar-refractivity contribution is 7.22. The number of thiazole rings is 1. The van der Waals surface area contributed by atoms with Crippen LogP contribution in [-0.4, -0.2) is 16.8 Å². The van der Waals surface area contributed by atoms with Gasteiger partial charge >= 0.3 is 0 Å². The number of carbonyl (C=O) groups is 2. The number of rotatable bonds is 5. The largest absolute Gasteiger partial charge is 0.326 e. The molecule has 0 saturated heterocycles. The number of nitrogens with one attached hydrogen (secondary N) is 2. The number of fused-ring (bicyclic) bond motifs is 1. The summed E-state index contributed by atoms with van der Waals surface area (Å²) < 4.78 is 0.916. The molecule has 3 aromatic rings. The Labute approximate surface area is 143 Å². The van der Waals surface area contributed by atoms with Gasteiger partial charge in [0.05, 0.1) is 16.6 Å². The van der Waals surface area contributed by atoms with E-state index in [4.69, 9.17) is 0 Å². The Morgan fingerprint density at radius 3 is 2.58 bits per heavy atom. The zero-order chi connectivity index (χ0) is 16.9. The zero-order valence-corrected chi connectivity index (χ0v) is 14.0. The summed E-state index contributed by atoms with van der Waals surface area (Å²) in [7, 11) is 0. The van der Waals surface area contributed by atoms with E-state index in [0.717, 1.165) is 21.5 Å². The average Bonchev–Trinajstić information content (AvgIpc) is 2.97. The van der Waals surface area contributed by atoms with Crippen LogP contribution < -0.4 is 10.6 Å². The lowest BCUT2D eigenvalue weighted by Gasteiger charge is -2.05. The fourth-order valence-corrected chi connectivity index (χ4v) is 3.17. The molecule has 122 valence electrons. The molecule has 0 aliphatic heterocycles. The summed E-state index contributed by atoms with van der Waals surface area (Å²) in [6.07, 6.45) is 0.746. The Kier molecular flexibility index (Phi) is 4.86. The molecule has 0 radical (unpaired) electrons. The molecule has 0 fully saturated rings. The first-order valence-corrected chi connectivity index (χ1v) is 8.50. The zero-order valence-electron chi connectivity index (χ0n) is 13.2. The van der Waals surface area contributed by atoms with Crippen molar-refractivity contribution in [2.24, 2.45) is 0 Å². The van der Waals surface area contributed by atoms with Crippen LogP contribution in [0, 0.1) is 0 Å². The quantitative estimate of drug-likeness (QED) is 0.742. The van der Waals surface area contributed by atoms with Gasteiger partial charge < -0.3 is 10.6 Å². The summed E-state index contributed by atoms with van der Waals surface area (Å²) in [5.74, 6) is -0.130. The first kappa shape index (κ1) is 16.1. The number of nitrogens with zero attached hydrogens (tertiary/aromatic N) is 1. The molecular formula is C18H17N3O2S. The van der Waals surface area contributed by atoms with Gasteiger partial charge in [0.2, 0.25) is 11.8 Å². The average molecular weight is 339 g/mol. The predicted molar refractivity (Wildman–Crippen MR) is 97.3 cm³/mol. The van der Waals surface area contributed by atoms with Crippen LogP contribution in [0.1, 0.15) is 18.9 Å². The maximum absolute atomic E-state index is 12.1. The van der Waals surface area contributed by atoms with Crippen LogP contribution >= 0.6 is 11.3 Å². The molecule has 0 aliphatic carbocycles. The van der Waals surface area contributed by atoms with E-state index in [1.807, 2.05) is 48.5 Å². The molecule has 5 nitrogen and oxygen atoms in total. The summed E-state index contributed by atoms with van der Waals surface area (Å²) in [4.78, 5) is 27.9. The van der Waals surface area contributed by atoms with Crippen LogP contribution in [-0.2, 0) is 16.0 Å². The van der Waals surface area contributed by atoms with Gasteiger partial charge in [-0.3, -0.25) is 9.59 Å². The van der Waals surface area contributed by atoms with Crippen molar-refractivity contribution in [3.63, 3.8) is 0 Å². The molecule has 6 heteroatoms. The van der Waals surface area contributed by atoms with Gasteiger partial charge in [-0.15, -0.1) is 0 Å². The lowest BCUT2D eigenvalue weighted by molar-refractivity contribution is -0.116. The second kappa shape index (κ2) is 7.23. The van der Waals surface area contributed by atoms with Crippen LogP contribution in [0.15, 0.2) is 48.5 Å². The van der Waals surface area contributed by atoms with Gasteiger partial charge in [0.15, 0.2) is 5.13 Å². The van der Waals surface area contributed by atoms with Crippen LogP contribution in [0.5, 0.6) is 0 Å². The van der Waals surface area contributed by atoms with Crippen molar-refractivity contribution in [3.8, 4) is 0 Å². The summed E-state index contributed by atoms with van der Waals surface area (Å²) >= 11 is 1.39. The number of aromatic nitrogens is 1. The molecule has 2 aromatic carbocycles. The van der Waals surface area contributed by atoms with Crippen molar-refractivity contribution in [2.75, 3.05) is 10.6 Å². The Morgan fingerprint density at radius 2 is 1.83 bits per heavy atom. The molecule has 0 bridgehead atoms. The smallest absolute Gasteiger partial charge is 0.228 e. The van der Waals surface area contributed by atoms with Gasteiger partial charge in [0.1, 0.15) is 0 Å². The highest BCUT2D eigenvalue weighted by Crippen LogP contribution is 2.28. The second-order valence-corrected chi connectivity index (χ2v) is 6.34. The lowest BCUT2D eigenvalue weighted by atomic mass is 10.1. The first-order chi connectivity index (χ1) is 11.6. The first-order valence-electron chi connectivity index (χ1n) is 7.68. The summed E-state index contributed by atoms with van der Waals surface area (Å²) in [6.45, 7) is 1.79. The minimum Gasteiger partial charge on any atom is -0.326 e. The molecular weight excluding hydrogens is 322 g/mol. The van der Waals surface area contributed by atoms with E-state index in [0.29, 0.717) is 18.0 Å². The summed E-state index contributed by atoms with van der Waals surface area (Å²) in [6, 6.07) is 15.1. The van der Waals surface area contributed by atoms with E-state index in [1.54, 1.807) is 6.92 Å². The highest BCUT2D eigenvalue weighted by Gasteiger charge is 2.09. The van der Waals surface area contributed by atoms with Crippen LogP contribution in [0.2, 0.25) is 0 Å². The third kappa shape index (κ3) is 3.97. The molecule has 2 N–H and O–H groups in total. The fraction of sp³-hybridized carbons (Fsp3) is 0.167. The Morgan fingerprint density at radius 1 is 1.04 bits per heavy atom. The Balaban J connectivity index is 1.71. The van der Waals surface area contributed by atoms with Crippen LogP contribution in [0.25, 0.3) is 10.2 Å². The molecule has 0 spiro atoms. The van der Waals surface area contributed by atoms with Crippen LogP contribution in [0.3, 0.4) is 0 Å². The normalized spacial score (nSPS) is 10.5. The van der Waals surface area contributed by atoms with E-state index in [-0.39, 0.29) is 11.8 Å². The van der Waals surface area contributed by atoms with Crippen molar-refractivity contribution in [1.82, 2.24) is 4.98 Å². The number of hydrogen-bond acceptors (Lipinski definition) is 4. The van der Waals surface area contributed by atoms with Crippen LogP contribution in [0.4, 0.5) is 10.8 Å². The van der Waals surface area contributed by atoms with Gasteiger partial charge in [-0.2, -0.15) is 0 Å². The lowest BCUT2D eigenvalue weighted by Crippen LogP contribution is -2.14. The highest BCUT2D eigenvalue weighted by atomic mass is 32.1. The van der Waals surface area contributed by atoms with Crippen molar-refractivity contribution in [1.29, 1.82) is 0 Å². The summed E-state index contributed by atoms with van der Waals surface area (Å²) in [5, 5.41) is 6.23. The van der Waals surface area contributed by atoms with E-state index >= 15 is 0 Å². The number of amides is 2. The molecule has 1 heterocycles. The molecule has 24 heavy (non-hydrogen) atoms. The predicted octanol–water partition coefficient (Wildman–Crippen LogP) is 3.83. The van der Waals surface area contributed by atoms with Crippen molar-refractivity contribution >= 4 is 44.2 Å². The second-order valence-electron chi connectivity index (χ2n) is 5.31. The topological polar surface area (TPSA) is 71.1 Å². The number of carbonyl (C=O) groups excluding carboxylic acids is 2. The van der Waals surface area contributed by atoms with Gasteiger partial charge in [-0.25, -0.2) is 4.98 Å². The maximum Gasteiger partial charge on any atom is 0.228 e. The monoisotopic (exact) mass is 339 g/mol. The van der Waals surface area contributed by atoms with Crippen molar-refractivity contribution in [2.45, 2.75) is 19.8 Å². The molecule has 0 unspecified atom stereocenters. The fourth-order valence-electron chi connectivity index (χ4n) is 2.25. The van der Waals surface area contributed by atoms with Gasteiger partial charge in [-0.1, -0.05) is 48.6 Å². The molecule has 3 rings (SSSR count). The number of anilines is 2. The third-order valence-corrected chi connectivity index (χ3v) is 4.38. The summed E-state index contributed by atoms with van der Waals surface area (Å²) in [5.41, 5.74) is 2.49. The number of benzene rings is 2. The molecule has 2 amide bonds. The van der Waals surface area contributed by atoms with E-state index in [2.05, 4.69) is 15.6 Å². The Bertz CT molecular complexity index is 874. The van der Waals surface area contributed by atoms with Crippen molar-refractivity contribution in [3.05, 3.63) is 54.1 Å². The molecule has 0 saturated carbocycles. The van der Waals surface area contributed by atoms with E-state index in [1.165, 1.54) is 11.3 Å². The standard InChI is InChI=1S/C18H17N3O2S/c1-2-16(22)21-18-20-14-9-8-13(11-15(14)24-18)19-17(23)10-12-6-4-3-5-7-12/h3-9,11H,2,10H2,1H3,(H,19,23)(H,20,21,22).